The van der Waals surface area contributed by atoms with E-state index in [4.69, 9.17) is 24.3 Å². The van der Waals surface area contributed by atoms with Crippen LogP contribution in [0.25, 0.3) is 16.8 Å². The van der Waals surface area contributed by atoms with Crippen molar-refractivity contribution in [2.24, 2.45) is 0 Å². The number of nitrogens with zero attached hydrogens (tertiary/aromatic N) is 6. The molecule has 3 atom stereocenters. The van der Waals surface area contributed by atoms with Crippen LogP contribution in [0.4, 0.5) is 23.8 Å². The second-order valence-electron chi connectivity index (χ2n) is 17.9. The Morgan fingerprint density at radius 1 is 0.962 bits per heavy atom. The molecule has 3 aromatic heterocycles. The minimum Gasteiger partial charge on any atom is -0.444 e. The molecule has 0 radical (unpaired) electrons. The number of aliphatic hydroxyl groups excluding tert-OH is 1. The van der Waals surface area contributed by atoms with Crippen molar-refractivity contribution in [2.45, 2.75) is 134 Å². The third-order valence-electron chi connectivity index (χ3n) is 9.73. The molecule has 2 fully saturated rings. The van der Waals surface area contributed by atoms with Crippen LogP contribution in [0.1, 0.15) is 69.9 Å². The average Bonchev–Trinajstić information content (AvgIpc) is 3.59. The Morgan fingerprint density at radius 3 is 2.04 bits per heavy atom. The minimum atomic E-state index is -4.83. The van der Waals surface area contributed by atoms with E-state index in [1.165, 1.54) is 18.3 Å². The summed E-state index contributed by atoms with van der Waals surface area (Å²) in [7, 11) is -2.69. The number of anilines is 1. The van der Waals surface area contributed by atoms with Crippen molar-refractivity contribution < 1.29 is 37.3 Å². The molecule has 0 saturated carbocycles. The minimum absolute atomic E-state index is 0.0159. The van der Waals surface area contributed by atoms with Gasteiger partial charge in [-0.15, -0.1) is 0 Å². The number of amides is 1. The number of piperidine rings is 1. The predicted octanol–water partition coefficient (Wildman–Crippen LogP) is 8.46. The summed E-state index contributed by atoms with van der Waals surface area (Å²) in [6.07, 6.45) is -1.65. The van der Waals surface area contributed by atoms with E-state index in [1.807, 2.05) is 36.6 Å². The van der Waals surface area contributed by atoms with Crippen LogP contribution in [0.15, 0.2) is 30.6 Å². The summed E-state index contributed by atoms with van der Waals surface area (Å²) in [4.78, 5) is 26.3. The summed E-state index contributed by atoms with van der Waals surface area (Å²) in [5.41, 5.74) is 1.36. The van der Waals surface area contributed by atoms with Gasteiger partial charge in [0.1, 0.15) is 24.9 Å². The largest absolute Gasteiger partial charge is 0.444 e. The van der Waals surface area contributed by atoms with Gasteiger partial charge in [0, 0.05) is 76.4 Å². The molecule has 16 heteroatoms. The number of rotatable bonds is 14. The first kappa shape index (κ1) is 41.1. The first-order valence-corrected chi connectivity index (χ1v) is 26.0. The average molecular weight is 779 g/mol. The lowest BCUT2D eigenvalue weighted by atomic mass is 9.88. The zero-order valence-electron chi connectivity index (χ0n) is 32.7. The van der Waals surface area contributed by atoms with Gasteiger partial charge in [0.2, 0.25) is 0 Å². The second-order valence-corrected chi connectivity index (χ2v) is 29.2. The molecule has 5 heterocycles. The summed E-state index contributed by atoms with van der Waals surface area (Å²) in [5, 5.41) is 14.5. The van der Waals surface area contributed by atoms with Gasteiger partial charge in [0.05, 0.1) is 11.9 Å². The SMILES string of the molecule is CC(C)(C)OC(=O)N1C2CCC1CC(c1cc(N(COCC[Si](C)(C)C)COCC[Si](C)(C)C)n3ncc(-c4ccc(C(O)C(F)(F)F)nc4)c3n1)C2. The summed E-state index contributed by atoms with van der Waals surface area (Å²) >= 11 is 0. The maximum atomic E-state index is 13.3. The molecule has 2 aliphatic heterocycles. The van der Waals surface area contributed by atoms with E-state index in [2.05, 4.69) is 44.3 Å². The molecule has 53 heavy (non-hydrogen) atoms. The number of aromatic nitrogens is 4. The van der Waals surface area contributed by atoms with Gasteiger partial charge in [-0.3, -0.25) is 4.98 Å². The van der Waals surface area contributed by atoms with Gasteiger partial charge in [-0.1, -0.05) is 45.3 Å². The molecule has 1 amide bonds. The van der Waals surface area contributed by atoms with Crippen LogP contribution in [0, 0.1) is 0 Å². The van der Waals surface area contributed by atoms with E-state index in [0.717, 1.165) is 36.4 Å². The number of hydrogen-bond donors (Lipinski definition) is 1. The van der Waals surface area contributed by atoms with Crippen LogP contribution in [0.3, 0.4) is 0 Å². The topological polar surface area (TPSA) is 115 Å². The van der Waals surface area contributed by atoms with Gasteiger partial charge in [0.25, 0.3) is 0 Å². The number of pyridine rings is 1. The molecule has 1 N–H and O–H groups in total. The number of aliphatic hydroxyl groups is 1. The Labute approximate surface area is 313 Å². The molecule has 0 aliphatic carbocycles. The summed E-state index contributed by atoms with van der Waals surface area (Å²) in [6, 6.07) is 6.76. The molecular weight excluding hydrogens is 722 g/mol. The molecule has 5 rings (SSSR count). The van der Waals surface area contributed by atoms with Crippen molar-refractivity contribution in [1.82, 2.24) is 24.5 Å². The third-order valence-corrected chi connectivity index (χ3v) is 13.1. The maximum Gasteiger partial charge on any atom is 0.420 e. The van der Waals surface area contributed by atoms with Crippen LogP contribution >= 0.6 is 0 Å². The van der Waals surface area contributed by atoms with Crippen LogP contribution in [0.5, 0.6) is 0 Å². The molecule has 2 saturated heterocycles. The van der Waals surface area contributed by atoms with Crippen molar-refractivity contribution in [3.8, 4) is 11.1 Å². The molecule has 3 unspecified atom stereocenters. The van der Waals surface area contributed by atoms with Gasteiger partial charge >= 0.3 is 12.3 Å². The van der Waals surface area contributed by atoms with Gasteiger partial charge in [0.15, 0.2) is 11.8 Å². The van der Waals surface area contributed by atoms with E-state index in [-0.39, 0.29) is 37.6 Å². The summed E-state index contributed by atoms with van der Waals surface area (Å²) in [6.45, 7) is 21.2. The Kier molecular flexibility index (Phi) is 12.4. The fourth-order valence-corrected chi connectivity index (χ4v) is 8.32. The number of carbonyl (C=O) groups excluding carboxylic acids is 1. The van der Waals surface area contributed by atoms with E-state index >= 15 is 0 Å². The number of halogens is 3. The highest BCUT2D eigenvalue weighted by molar-refractivity contribution is 6.76. The number of hydrogen-bond acceptors (Lipinski definition) is 9. The number of fused-ring (bicyclic) bond motifs is 3. The summed E-state index contributed by atoms with van der Waals surface area (Å²) in [5.74, 6) is 0.749. The molecule has 0 spiro atoms. The lowest BCUT2D eigenvalue weighted by Gasteiger charge is -2.39. The molecule has 11 nitrogen and oxygen atoms in total. The van der Waals surface area contributed by atoms with Gasteiger partial charge < -0.3 is 29.1 Å². The number of ether oxygens (including phenoxy) is 3. The first-order chi connectivity index (χ1) is 24.6. The second kappa shape index (κ2) is 16.0. The van der Waals surface area contributed by atoms with Crippen LogP contribution in [0.2, 0.25) is 51.4 Å². The van der Waals surface area contributed by atoms with Gasteiger partial charge in [-0.25, -0.2) is 9.78 Å². The predicted molar refractivity (Wildman–Crippen MR) is 205 cm³/mol. The highest BCUT2D eigenvalue weighted by atomic mass is 28.3. The van der Waals surface area contributed by atoms with Crippen molar-refractivity contribution in [3.05, 3.63) is 42.0 Å². The number of carbonyl (C=O) groups is 1. The van der Waals surface area contributed by atoms with E-state index in [1.54, 1.807) is 10.7 Å². The Bertz CT molecular complexity index is 1670. The molecule has 2 bridgehead atoms. The quantitative estimate of drug-likeness (QED) is 0.0978. The van der Waals surface area contributed by atoms with E-state index < -0.39 is 39.7 Å². The molecule has 0 aromatic carbocycles. The van der Waals surface area contributed by atoms with Crippen molar-refractivity contribution >= 4 is 33.7 Å². The van der Waals surface area contributed by atoms with Gasteiger partial charge in [-0.2, -0.15) is 22.8 Å². The van der Waals surface area contributed by atoms with Crippen LogP contribution in [-0.4, -0.2) is 102 Å². The first-order valence-electron chi connectivity index (χ1n) is 18.6. The molecule has 3 aromatic rings. The maximum absolute atomic E-state index is 13.3. The fourth-order valence-electron chi connectivity index (χ4n) is 6.80. The fraction of sp³-hybridized carbons (Fsp3) is 0.676. The smallest absolute Gasteiger partial charge is 0.420 e. The third kappa shape index (κ3) is 10.8. The molecular formula is C37H57F3N6O5Si2. The highest BCUT2D eigenvalue weighted by Crippen LogP contribution is 2.44. The van der Waals surface area contributed by atoms with Crippen LogP contribution < -0.4 is 4.90 Å². The Balaban J connectivity index is 1.53. The highest BCUT2D eigenvalue weighted by Gasteiger charge is 2.46. The van der Waals surface area contributed by atoms with Crippen molar-refractivity contribution in [2.75, 3.05) is 31.6 Å². The zero-order chi connectivity index (χ0) is 38.9. The van der Waals surface area contributed by atoms with Crippen molar-refractivity contribution in [3.63, 3.8) is 0 Å². The zero-order valence-corrected chi connectivity index (χ0v) is 34.7. The lowest BCUT2D eigenvalue weighted by molar-refractivity contribution is -0.207. The molecule has 294 valence electrons. The van der Waals surface area contributed by atoms with E-state index in [9.17, 15) is 23.1 Å². The van der Waals surface area contributed by atoms with E-state index in [0.29, 0.717) is 42.8 Å². The van der Waals surface area contributed by atoms with Gasteiger partial charge in [-0.05, 0) is 64.6 Å². The standard InChI is InChI=1S/C37H57F3N6O5Si2/c1-36(2,3)51-35(48)45-27-11-12-28(45)19-26(18-27)31-20-32(44(23-49-14-16-52(4,5)6)24-50-15-17-53(7,8)9)46-34(43-31)29(22-42-46)25-10-13-30(41-21-25)33(47)37(38,39)40/h10,13,20-22,26-28,33,47H,11-12,14-19,23-24H2,1-9H3. The number of alkyl halides is 3. The monoisotopic (exact) mass is 778 g/mol. The van der Waals surface area contributed by atoms with Crippen LogP contribution in [-0.2, 0) is 14.2 Å². The summed E-state index contributed by atoms with van der Waals surface area (Å²) < 4.78 is 59.8. The normalized spacial score (nSPS) is 20.2. The van der Waals surface area contributed by atoms with Crippen molar-refractivity contribution in [1.29, 1.82) is 0 Å². The molecule has 2 aliphatic rings. The Hall–Kier alpha value is -3.06. The lowest BCUT2D eigenvalue weighted by Crippen LogP contribution is -2.48. The Morgan fingerprint density at radius 2 is 1.55 bits per heavy atom.